The predicted molar refractivity (Wildman–Crippen MR) is 112 cm³/mol. The molecule has 4 rings (SSSR count). The number of carbonyl (C=O) groups excluding carboxylic acids is 2. The summed E-state index contributed by atoms with van der Waals surface area (Å²) in [5.74, 6) is 1.27. The molecule has 0 spiro atoms. The van der Waals surface area contributed by atoms with E-state index in [4.69, 9.17) is 4.74 Å². The van der Waals surface area contributed by atoms with Gasteiger partial charge >= 0.3 is 0 Å². The van der Waals surface area contributed by atoms with Crippen molar-refractivity contribution in [1.29, 1.82) is 0 Å². The van der Waals surface area contributed by atoms with Crippen LogP contribution in [0, 0.1) is 5.92 Å². The van der Waals surface area contributed by atoms with Gasteiger partial charge in [0.15, 0.2) is 0 Å². The molecule has 29 heavy (non-hydrogen) atoms. The number of piperidine rings is 1. The minimum atomic E-state index is -0.0834. The molecular formula is C21H26N4O3S. The highest BCUT2D eigenvalue weighted by Gasteiger charge is 2.28. The van der Waals surface area contributed by atoms with Gasteiger partial charge in [0.1, 0.15) is 5.82 Å². The molecule has 1 atom stereocenters. The first-order chi connectivity index (χ1) is 14.2. The molecule has 3 heterocycles. The van der Waals surface area contributed by atoms with Gasteiger partial charge in [-0.15, -0.1) is 11.8 Å². The highest BCUT2D eigenvalue weighted by Crippen LogP contribution is 2.27. The highest BCUT2D eigenvalue weighted by molar-refractivity contribution is 8.00. The Hall–Kier alpha value is -2.32. The summed E-state index contributed by atoms with van der Waals surface area (Å²) in [5.41, 5.74) is 0. The van der Waals surface area contributed by atoms with Gasteiger partial charge in [-0.25, -0.2) is 4.68 Å². The zero-order chi connectivity index (χ0) is 20.1. The summed E-state index contributed by atoms with van der Waals surface area (Å²) in [7, 11) is 0. The van der Waals surface area contributed by atoms with E-state index < -0.39 is 0 Å². The maximum Gasteiger partial charge on any atom is 0.232 e. The van der Waals surface area contributed by atoms with Crippen LogP contribution in [0.1, 0.15) is 25.3 Å². The minimum absolute atomic E-state index is 0.00481. The number of hydrogen-bond acceptors (Lipinski definition) is 5. The van der Waals surface area contributed by atoms with Crippen molar-refractivity contribution in [2.24, 2.45) is 5.92 Å². The molecule has 2 aliphatic rings. The van der Waals surface area contributed by atoms with Gasteiger partial charge < -0.3 is 15.0 Å². The lowest BCUT2D eigenvalue weighted by Gasteiger charge is -2.32. The molecule has 0 bridgehead atoms. The predicted octanol–water partition coefficient (Wildman–Crippen LogP) is 2.81. The van der Waals surface area contributed by atoms with Crippen LogP contribution in [0.5, 0.6) is 0 Å². The summed E-state index contributed by atoms with van der Waals surface area (Å²) in [6.45, 7) is 2.55. The molecule has 0 aliphatic carbocycles. The lowest BCUT2D eigenvalue weighted by Crippen LogP contribution is -2.40. The molecule has 2 aliphatic heterocycles. The van der Waals surface area contributed by atoms with Gasteiger partial charge in [0, 0.05) is 30.7 Å². The van der Waals surface area contributed by atoms with Gasteiger partial charge in [-0.3, -0.25) is 9.59 Å². The van der Waals surface area contributed by atoms with Crippen molar-refractivity contribution in [3.63, 3.8) is 0 Å². The molecule has 1 aromatic heterocycles. The number of likely N-dealkylation sites (tertiary alicyclic amines) is 1. The second kappa shape index (κ2) is 9.45. The number of aromatic nitrogens is 2. The molecule has 1 N–H and O–H groups in total. The Morgan fingerprint density at radius 1 is 1.14 bits per heavy atom. The number of anilines is 1. The Labute approximate surface area is 174 Å². The van der Waals surface area contributed by atoms with Crippen molar-refractivity contribution < 1.29 is 14.3 Å². The Balaban J connectivity index is 1.28. The molecule has 2 aromatic rings. The standard InChI is InChI=1S/C21H26N4O3S/c26-20(15-29-18-4-2-1-3-5-18)24-11-7-17(8-12-24)25-19(6-10-22-25)23-21(27)16-9-13-28-14-16/h1-6,10,16-17H,7-9,11-15H2,(H,23,27)/t16-/m1/s1. The number of nitrogens with zero attached hydrogens (tertiary/aromatic N) is 3. The van der Waals surface area contributed by atoms with Gasteiger partial charge in [0.25, 0.3) is 0 Å². The summed E-state index contributed by atoms with van der Waals surface area (Å²) in [5, 5.41) is 7.43. The third-order valence-electron chi connectivity index (χ3n) is 5.49. The summed E-state index contributed by atoms with van der Waals surface area (Å²) in [4.78, 5) is 28.0. The first-order valence-corrected chi connectivity index (χ1v) is 11.1. The van der Waals surface area contributed by atoms with E-state index >= 15 is 0 Å². The van der Waals surface area contributed by atoms with Crippen LogP contribution in [-0.4, -0.2) is 58.6 Å². The van der Waals surface area contributed by atoms with E-state index in [9.17, 15) is 9.59 Å². The normalized spacial score (nSPS) is 20.0. The fourth-order valence-corrected chi connectivity index (χ4v) is 4.61. The number of amides is 2. The number of rotatable bonds is 6. The lowest BCUT2D eigenvalue weighted by atomic mass is 10.1. The van der Waals surface area contributed by atoms with Crippen LogP contribution in [0.15, 0.2) is 47.5 Å². The van der Waals surface area contributed by atoms with Crippen molar-refractivity contribution in [3.8, 4) is 0 Å². The van der Waals surface area contributed by atoms with Crippen molar-refractivity contribution in [3.05, 3.63) is 42.6 Å². The SMILES string of the molecule is O=C(Nc1ccnn1C1CCN(C(=O)CSc2ccccc2)CC1)[C@@H]1CCOC1. The van der Waals surface area contributed by atoms with Gasteiger partial charge in [-0.2, -0.15) is 5.10 Å². The van der Waals surface area contributed by atoms with Crippen LogP contribution in [0.2, 0.25) is 0 Å². The van der Waals surface area contributed by atoms with Gasteiger partial charge in [-0.1, -0.05) is 18.2 Å². The molecule has 1 aromatic carbocycles. The third-order valence-corrected chi connectivity index (χ3v) is 6.49. The fraction of sp³-hybridized carbons (Fsp3) is 0.476. The summed E-state index contributed by atoms with van der Waals surface area (Å²) in [6.07, 6.45) is 4.15. The zero-order valence-corrected chi connectivity index (χ0v) is 17.1. The van der Waals surface area contributed by atoms with Crippen LogP contribution in [0.25, 0.3) is 0 Å². The van der Waals surface area contributed by atoms with Crippen molar-refractivity contribution in [2.45, 2.75) is 30.2 Å². The van der Waals surface area contributed by atoms with E-state index in [0.29, 0.717) is 32.1 Å². The topological polar surface area (TPSA) is 76.5 Å². The number of nitrogens with one attached hydrogen (secondary N) is 1. The van der Waals surface area contributed by atoms with Crippen LogP contribution in [0.4, 0.5) is 5.82 Å². The minimum Gasteiger partial charge on any atom is -0.381 e. The summed E-state index contributed by atoms with van der Waals surface area (Å²) in [6, 6.07) is 12.0. The number of benzene rings is 1. The van der Waals surface area contributed by atoms with Crippen molar-refractivity contribution >= 4 is 29.4 Å². The third kappa shape index (κ3) is 5.00. The van der Waals surface area contributed by atoms with Crippen LogP contribution in [-0.2, 0) is 14.3 Å². The Morgan fingerprint density at radius 3 is 2.66 bits per heavy atom. The average Bonchev–Trinajstić information content (AvgIpc) is 3.45. The number of hydrogen-bond donors (Lipinski definition) is 1. The lowest BCUT2D eigenvalue weighted by molar-refractivity contribution is -0.129. The Morgan fingerprint density at radius 2 is 1.93 bits per heavy atom. The monoisotopic (exact) mass is 414 g/mol. The molecule has 2 fully saturated rings. The van der Waals surface area contributed by atoms with E-state index in [1.807, 2.05) is 46.0 Å². The van der Waals surface area contributed by atoms with Crippen molar-refractivity contribution in [1.82, 2.24) is 14.7 Å². The van der Waals surface area contributed by atoms with Gasteiger partial charge in [0.2, 0.25) is 11.8 Å². The van der Waals surface area contributed by atoms with E-state index in [1.165, 1.54) is 0 Å². The smallest absolute Gasteiger partial charge is 0.232 e. The van der Waals surface area contributed by atoms with E-state index in [1.54, 1.807) is 18.0 Å². The summed E-state index contributed by atoms with van der Waals surface area (Å²) >= 11 is 1.58. The second-order valence-corrected chi connectivity index (χ2v) is 8.47. The first kappa shape index (κ1) is 20.0. The van der Waals surface area contributed by atoms with Crippen LogP contribution < -0.4 is 5.32 Å². The molecule has 7 nitrogen and oxygen atoms in total. The van der Waals surface area contributed by atoms with E-state index in [0.717, 1.165) is 30.0 Å². The van der Waals surface area contributed by atoms with Crippen LogP contribution >= 0.6 is 11.8 Å². The molecule has 2 amide bonds. The van der Waals surface area contributed by atoms with E-state index in [-0.39, 0.29) is 23.8 Å². The number of ether oxygens (including phenoxy) is 1. The fourth-order valence-electron chi connectivity index (χ4n) is 3.79. The zero-order valence-electron chi connectivity index (χ0n) is 16.3. The molecular weight excluding hydrogens is 388 g/mol. The largest absolute Gasteiger partial charge is 0.381 e. The Bertz CT molecular complexity index is 827. The molecule has 8 heteroatoms. The maximum absolute atomic E-state index is 12.5. The van der Waals surface area contributed by atoms with Crippen LogP contribution in [0.3, 0.4) is 0 Å². The maximum atomic E-state index is 12.5. The molecule has 154 valence electrons. The Kier molecular flexibility index (Phi) is 6.51. The summed E-state index contributed by atoms with van der Waals surface area (Å²) < 4.78 is 7.20. The molecule has 0 radical (unpaired) electrons. The number of thioether (sulfide) groups is 1. The van der Waals surface area contributed by atoms with Gasteiger partial charge in [0.05, 0.1) is 30.5 Å². The highest BCUT2D eigenvalue weighted by atomic mass is 32.2. The number of carbonyl (C=O) groups is 2. The molecule has 2 saturated heterocycles. The average molecular weight is 415 g/mol. The van der Waals surface area contributed by atoms with Crippen molar-refractivity contribution in [2.75, 3.05) is 37.4 Å². The van der Waals surface area contributed by atoms with Gasteiger partial charge in [-0.05, 0) is 31.4 Å². The second-order valence-electron chi connectivity index (χ2n) is 7.42. The molecule has 0 saturated carbocycles. The molecule has 0 unspecified atom stereocenters. The van der Waals surface area contributed by atoms with E-state index in [2.05, 4.69) is 10.4 Å². The first-order valence-electron chi connectivity index (χ1n) is 10.1. The quantitative estimate of drug-likeness (QED) is 0.736.